The average molecular weight is 286 g/mol. The van der Waals surface area contributed by atoms with Gasteiger partial charge in [0.05, 0.1) is 19.3 Å². The van der Waals surface area contributed by atoms with E-state index < -0.39 is 23.3 Å². The van der Waals surface area contributed by atoms with Gasteiger partial charge in [-0.1, -0.05) is 6.58 Å². The third-order valence-electron chi connectivity index (χ3n) is 3.89. The van der Waals surface area contributed by atoms with Gasteiger partial charge in [0.15, 0.2) is 11.6 Å². The molecular weight excluding hydrogens is 260 g/mol. The van der Waals surface area contributed by atoms with E-state index in [1.54, 1.807) is 6.92 Å². The Hall–Kier alpha value is -0.460. The third-order valence-corrected chi connectivity index (χ3v) is 3.89. The Morgan fingerprint density at radius 2 is 1.70 bits per heavy atom. The molecule has 20 heavy (non-hydrogen) atoms. The van der Waals surface area contributed by atoms with Crippen molar-refractivity contribution in [2.24, 2.45) is 0 Å². The van der Waals surface area contributed by atoms with Gasteiger partial charge in [-0.3, -0.25) is 0 Å². The van der Waals surface area contributed by atoms with E-state index >= 15 is 0 Å². The minimum atomic E-state index is -1.18. The fraction of sp³-hybridized carbons (Fsp3) is 0.867. The second kappa shape index (κ2) is 5.07. The summed E-state index contributed by atoms with van der Waals surface area (Å²) in [4.78, 5) is 0. The van der Waals surface area contributed by atoms with Gasteiger partial charge in [0.2, 0.25) is 0 Å². The van der Waals surface area contributed by atoms with Crippen LogP contribution in [0.3, 0.4) is 0 Å². The molecule has 0 amide bonds. The molecule has 0 unspecified atom stereocenters. The van der Waals surface area contributed by atoms with Gasteiger partial charge in [0, 0.05) is 6.42 Å². The second-order valence-corrected chi connectivity index (χ2v) is 6.68. The lowest BCUT2D eigenvalue weighted by atomic mass is 9.84. The van der Waals surface area contributed by atoms with Gasteiger partial charge in [0.1, 0.15) is 11.7 Å². The van der Waals surface area contributed by atoms with E-state index in [1.807, 2.05) is 27.7 Å². The molecule has 0 aromatic heterocycles. The van der Waals surface area contributed by atoms with Gasteiger partial charge < -0.3 is 24.1 Å². The van der Waals surface area contributed by atoms with E-state index in [1.165, 1.54) is 0 Å². The Balaban J connectivity index is 2.09. The first kappa shape index (κ1) is 15.9. The highest BCUT2D eigenvalue weighted by Gasteiger charge is 2.49. The van der Waals surface area contributed by atoms with Gasteiger partial charge in [-0.2, -0.15) is 0 Å². The van der Waals surface area contributed by atoms with Gasteiger partial charge >= 0.3 is 0 Å². The van der Waals surface area contributed by atoms with Crippen LogP contribution in [-0.4, -0.2) is 47.7 Å². The van der Waals surface area contributed by atoms with Gasteiger partial charge in [-0.05, 0) is 40.2 Å². The number of rotatable bonds is 4. The number of aliphatic hydroxyl groups is 1. The quantitative estimate of drug-likeness (QED) is 0.801. The number of hydrogen-bond donors (Lipinski definition) is 1. The van der Waals surface area contributed by atoms with E-state index in [4.69, 9.17) is 18.9 Å². The molecule has 0 aliphatic carbocycles. The van der Waals surface area contributed by atoms with Crippen LogP contribution in [0, 0.1) is 0 Å². The molecule has 5 nitrogen and oxygen atoms in total. The lowest BCUT2D eigenvalue weighted by Gasteiger charge is -2.35. The molecule has 2 heterocycles. The van der Waals surface area contributed by atoms with E-state index in [-0.39, 0.29) is 6.10 Å². The van der Waals surface area contributed by atoms with Gasteiger partial charge in [-0.15, -0.1) is 0 Å². The number of ether oxygens (including phenoxy) is 4. The highest BCUT2D eigenvalue weighted by Crippen LogP contribution is 2.38. The van der Waals surface area contributed by atoms with Crippen molar-refractivity contribution in [3.8, 4) is 0 Å². The zero-order chi connectivity index (χ0) is 15.2. The monoisotopic (exact) mass is 286 g/mol. The van der Waals surface area contributed by atoms with E-state index in [0.717, 1.165) is 0 Å². The van der Waals surface area contributed by atoms with Crippen LogP contribution in [0.5, 0.6) is 0 Å². The Morgan fingerprint density at radius 3 is 2.10 bits per heavy atom. The summed E-state index contributed by atoms with van der Waals surface area (Å²) in [5.74, 6) is -1.28. The first-order chi connectivity index (χ1) is 9.04. The minimum Gasteiger partial charge on any atom is -0.383 e. The third kappa shape index (κ3) is 3.23. The van der Waals surface area contributed by atoms with Crippen molar-refractivity contribution < 1.29 is 24.1 Å². The Labute approximate surface area is 120 Å². The zero-order valence-electron chi connectivity index (χ0n) is 13.1. The molecule has 0 bridgehead atoms. The predicted molar refractivity (Wildman–Crippen MR) is 74.2 cm³/mol. The molecule has 0 radical (unpaired) electrons. The maximum atomic E-state index is 11.0. The molecule has 3 atom stereocenters. The molecular formula is C15H26O5. The summed E-state index contributed by atoms with van der Waals surface area (Å²) in [7, 11) is 0. The maximum Gasteiger partial charge on any atom is 0.163 e. The fourth-order valence-corrected chi connectivity index (χ4v) is 2.71. The molecule has 0 saturated carbocycles. The SMILES string of the molecule is C=C(C)[C@](O)(C[C@@H]1COC(C)(C)O1)[C@H]1COC(C)(C)O1. The molecule has 2 rings (SSSR count). The molecule has 2 aliphatic heterocycles. The molecule has 2 fully saturated rings. The first-order valence-electron chi connectivity index (χ1n) is 7.06. The molecule has 116 valence electrons. The van der Waals surface area contributed by atoms with Crippen LogP contribution in [0.15, 0.2) is 12.2 Å². The topological polar surface area (TPSA) is 57.2 Å². The fourth-order valence-electron chi connectivity index (χ4n) is 2.71. The summed E-state index contributed by atoms with van der Waals surface area (Å²) >= 11 is 0. The van der Waals surface area contributed by atoms with E-state index in [9.17, 15) is 5.11 Å². The predicted octanol–water partition coefficient (Wildman–Crippen LogP) is 1.99. The van der Waals surface area contributed by atoms with Crippen LogP contribution < -0.4 is 0 Å². The molecule has 0 aromatic rings. The first-order valence-corrected chi connectivity index (χ1v) is 7.06. The van der Waals surface area contributed by atoms with Crippen LogP contribution in [0.4, 0.5) is 0 Å². The molecule has 0 aromatic carbocycles. The van der Waals surface area contributed by atoms with Crippen molar-refractivity contribution in [1.29, 1.82) is 0 Å². The summed E-state index contributed by atoms with van der Waals surface area (Å²) in [6, 6.07) is 0. The summed E-state index contributed by atoms with van der Waals surface area (Å²) in [6.07, 6.45) is -0.239. The van der Waals surface area contributed by atoms with E-state index in [0.29, 0.717) is 25.2 Å². The van der Waals surface area contributed by atoms with Crippen molar-refractivity contribution in [3.05, 3.63) is 12.2 Å². The minimum absolute atomic E-state index is 0.181. The Kier molecular flexibility index (Phi) is 4.04. The normalized spacial score (nSPS) is 34.9. The summed E-state index contributed by atoms with van der Waals surface area (Å²) in [5, 5.41) is 11.0. The van der Waals surface area contributed by atoms with Crippen molar-refractivity contribution >= 4 is 0 Å². The maximum absolute atomic E-state index is 11.0. The average Bonchev–Trinajstić information content (AvgIpc) is 2.81. The van der Waals surface area contributed by atoms with Crippen LogP contribution in [0.2, 0.25) is 0 Å². The van der Waals surface area contributed by atoms with Crippen molar-refractivity contribution in [2.45, 2.75) is 70.4 Å². The van der Waals surface area contributed by atoms with Crippen LogP contribution in [0.25, 0.3) is 0 Å². The van der Waals surface area contributed by atoms with Crippen molar-refractivity contribution in [3.63, 3.8) is 0 Å². The summed E-state index contributed by atoms with van der Waals surface area (Å²) < 4.78 is 22.7. The van der Waals surface area contributed by atoms with Crippen LogP contribution >= 0.6 is 0 Å². The van der Waals surface area contributed by atoms with Crippen LogP contribution in [-0.2, 0) is 18.9 Å². The smallest absolute Gasteiger partial charge is 0.163 e. The second-order valence-electron chi connectivity index (χ2n) is 6.68. The van der Waals surface area contributed by atoms with Crippen LogP contribution in [0.1, 0.15) is 41.0 Å². The highest BCUT2D eigenvalue weighted by molar-refractivity contribution is 5.15. The molecule has 2 saturated heterocycles. The molecule has 2 aliphatic rings. The number of hydrogen-bond acceptors (Lipinski definition) is 5. The zero-order valence-corrected chi connectivity index (χ0v) is 13.1. The van der Waals surface area contributed by atoms with E-state index in [2.05, 4.69) is 6.58 Å². The lowest BCUT2D eigenvalue weighted by molar-refractivity contribution is -0.174. The summed E-state index contributed by atoms with van der Waals surface area (Å²) in [6.45, 7) is 13.9. The molecule has 0 spiro atoms. The standard InChI is InChI=1S/C15H26O5/c1-10(2)15(16,12-9-18-14(5,6)20-12)7-11-8-17-13(3,4)19-11/h11-12,16H,1,7-9H2,2-6H3/t11-,12-,15-/m1/s1. The molecule has 1 N–H and O–H groups in total. The largest absolute Gasteiger partial charge is 0.383 e. The van der Waals surface area contributed by atoms with Gasteiger partial charge in [-0.25, -0.2) is 0 Å². The van der Waals surface area contributed by atoms with Crippen molar-refractivity contribution in [2.75, 3.05) is 13.2 Å². The summed E-state index contributed by atoms with van der Waals surface area (Å²) in [5.41, 5.74) is -0.528. The van der Waals surface area contributed by atoms with Crippen molar-refractivity contribution in [1.82, 2.24) is 0 Å². The Morgan fingerprint density at radius 1 is 1.15 bits per heavy atom. The van der Waals surface area contributed by atoms with Gasteiger partial charge in [0.25, 0.3) is 0 Å². The lowest BCUT2D eigenvalue weighted by Crippen LogP contribution is -2.48. The molecule has 5 heteroatoms. The highest BCUT2D eigenvalue weighted by atomic mass is 16.8. The Bertz CT molecular complexity index is 390.